The lowest BCUT2D eigenvalue weighted by molar-refractivity contribution is 0.0591. The van der Waals surface area contributed by atoms with E-state index in [4.69, 9.17) is 0 Å². The number of aromatic nitrogens is 2. The van der Waals surface area contributed by atoms with Gasteiger partial charge in [0.2, 0.25) is 0 Å². The summed E-state index contributed by atoms with van der Waals surface area (Å²) in [5.41, 5.74) is 1.86. The van der Waals surface area contributed by atoms with Crippen LogP contribution in [0.15, 0.2) is 54.7 Å². The van der Waals surface area contributed by atoms with Gasteiger partial charge in [-0.3, -0.25) is 9.58 Å². The van der Waals surface area contributed by atoms with Crippen molar-refractivity contribution in [3.05, 3.63) is 77.5 Å². The molecule has 6 rings (SSSR count). The third kappa shape index (κ3) is 4.94. The third-order valence-electron chi connectivity index (χ3n) is 7.91. The lowest BCUT2D eigenvalue weighted by atomic mass is 9.90. The van der Waals surface area contributed by atoms with Gasteiger partial charge in [0, 0.05) is 42.2 Å². The molecule has 2 atom stereocenters. The number of nitrogens with zero attached hydrogens (tertiary/aromatic N) is 4. The van der Waals surface area contributed by atoms with Gasteiger partial charge < -0.3 is 10.4 Å². The molecular formula is C31H31F2N5O. The predicted molar refractivity (Wildman–Crippen MR) is 147 cm³/mol. The Hall–Kier alpha value is -3.64. The zero-order valence-electron chi connectivity index (χ0n) is 22.1. The van der Waals surface area contributed by atoms with Gasteiger partial charge in [-0.2, -0.15) is 10.4 Å². The van der Waals surface area contributed by atoms with Crippen LogP contribution in [-0.4, -0.2) is 51.6 Å². The van der Waals surface area contributed by atoms with E-state index in [1.54, 1.807) is 32.2 Å². The second-order valence-corrected chi connectivity index (χ2v) is 11.5. The Balaban J connectivity index is 1.40. The summed E-state index contributed by atoms with van der Waals surface area (Å²) in [7, 11) is 0. The highest BCUT2D eigenvalue weighted by Crippen LogP contribution is 2.39. The molecule has 2 aliphatic rings. The summed E-state index contributed by atoms with van der Waals surface area (Å²) in [5.74, 6) is 0.0159. The average Bonchev–Trinajstić information content (AvgIpc) is 3.58. The first kappa shape index (κ1) is 25.6. The Bertz CT molecular complexity index is 1590. The van der Waals surface area contributed by atoms with Crippen LogP contribution in [0.2, 0.25) is 0 Å². The minimum absolute atomic E-state index is 0.0580. The quantitative estimate of drug-likeness (QED) is 0.371. The third-order valence-corrected chi connectivity index (χ3v) is 7.91. The Kier molecular flexibility index (Phi) is 6.46. The lowest BCUT2D eigenvalue weighted by Crippen LogP contribution is -2.26. The fourth-order valence-electron chi connectivity index (χ4n) is 6.13. The normalized spacial score (nSPS) is 19.5. The van der Waals surface area contributed by atoms with Gasteiger partial charge >= 0.3 is 0 Å². The van der Waals surface area contributed by atoms with E-state index in [2.05, 4.69) is 21.4 Å². The molecule has 6 nitrogen and oxygen atoms in total. The van der Waals surface area contributed by atoms with Crippen LogP contribution in [0.25, 0.3) is 33.2 Å². The van der Waals surface area contributed by atoms with Gasteiger partial charge in [-0.05, 0) is 73.7 Å². The van der Waals surface area contributed by atoms with Crippen LogP contribution >= 0.6 is 0 Å². The van der Waals surface area contributed by atoms with Crippen molar-refractivity contribution in [2.45, 2.75) is 32.5 Å². The highest BCUT2D eigenvalue weighted by atomic mass is 19.1. The van der Waals surface area contributed by atoms with Crippen molar-refractivity contribution in [1.29, 1.82) is 5.26 Å². The molecule has 4 aromatic rings. The number of benzene rings is 3. The van der Waals surface area contributed by atoms with Crippen LogP contribution in [0.4, 0.5) is 8.78 Å². The molecule has 0 spiro atoms. The number of nitriles is 1. The first-order valence-electron chi connectivity index (χ1n) is 13.3. The van der Waals surface area contributed by atoms with Crippen molar-refractivity contribution in [2.24, 2.45) is 11.8 Å². The van der Waals surface area contributed by atoms with Crippen LogP contribution < -0.4 is 5.32 Å². The number of likely N-dealkylation sites (tertiary alicyclic amines) is 1. The first-order chi connectivity index (χ1) is 18.7. The Morgan fingerprint density at radius 2 is 1.85 bits per heavy atom. The van der Waals surface area contributed by atoms with E-state index < -0.39 is 17.2 Å². The first-order valence-corrected chi connectivity index (χ1v) is 13.3. The molecule has 0 aliphatic carbocycles. The summed E-state index contributed by atoms with van der Waals surface area (Å²) in [6, 6.07) is 15.9. The lowest BCUT2D eigenvalue weighted by Gasteiger charge is -2.19. The average molecular weight is 528 g/mol. The molecule has 200 valence electrons. The largest absolute Gasteiger partial charge is 0.389 e. The highest BCUT2D eigenvalue weighted by molar-refractivity contribution is 5.91. The second kappa shape index (κ2) is 9.83. The molecule has 0 saturated carbocycles. The van der Waals surface area contributed by atoms with E-state index in [1.165, 1.54) is 16.8 Å². The van der Waals surface area contributed by atoms with E-state index in [0.29, 0.717) is 28.3 Å². The Morgan fingerprint density at radius 3 is 2.56 bits per heavy atom. The molecule has 0 amide bonds. The SMILES string of the molecule is CC(C)(O)Cn1ncc2cc(-c3c(-c4cccc(CN5CC6CNCC6C5)c4)ccc(C#N)c3F)c(F)cc21. The molecule has 2 fully saturated rings. The molecule has 39 heavy (non-hydrogen) atoms. The van der Waals surface area contributed by atoms with Gasteiger partial charge in [0.1, 0.15) is 17.7 Å². The van der Waals surface area contributed by atoms with Gasteiger partial charge in [-0.1, -0.05) is 24.3 Å². The van der Waals surface area contributed by atoms with Crippen LogP contribution in [0.5, 0.6) is 0 Å². The summed E-state index contributed by atoms with van der Waals surface area (Å²) in [4.78, 5) is 2.47. The molecule has 2 aliphatic heterocycles. The van der Waals surface area contributed by atoms with Crippen molar-refractivity contribution in [3.8, 4) is 28.3 Å². The smallest absolute Gasteiger partial charge is 0.149 e. The fraction of sp³-hybridized carbons (Fsp3) is 0.355. The number of aliphatic hydroxyl groups is 1. The van der Waals surface area contributed by atoms with E-state index in [-0.39, 0.29) is 23.2 Å². The molecule has 2 unspecified atom stereocenters. The summed E-state index contributed by atoms with van der Waals surface area (Å²) in [6.45, 7) is 8.55. The van der Waals surface area contributed by atoms with Crippen molar-refractivity contribution < 1.29 is 13.9 Å². The minimum Gasteiger partial charge on any atom is -0.389 e. The molecule has 0 bridgehead atoms. The number of hydrogen-bond acceptors (Lipinski definition) is 5. The molecule has 8 heteroatoms. The summed E-state index contributed by atoms with van der Waals surface area (Å²) < 4.78 is 33.1. The van der Waals surface area contributed by atoms with Crippen LogP contribution in [0, 0.1) is 34.8 Å². The molecule has 0 radical (unpaired) electrons. The number of halogens is 2. The Morgan fingerprint density at radius 1 is 1.08 bits per heavy atom. The van der Waals surface area contributed by atoms with Crippen LogP contribution in [0.1, 0.15) is 25.0 Å². The maximum Gasteiger partial charge on any atom is 0.149 e. The van der Waals surface area contributed by atoms with E-state index >= 15 is 8.78 Å². The standard InChI is InChI=1S/C31H31F2N5O/c1-31(2,39)18-38-28-10-27(32)26(9-22(28)14-36-38)29-25(7-6-21(11-34)30(29)33)20-5-3-4-19(8-20)15-37-16-23-12-35-13-24(23)17-37/h3-10,14,23-24,35,39H,12-13,15-18H2,1-2H3. The van der Waals surface area contributed by atoms with Gasteiger partial charge in [0.15, 0.2) is 0 Å². The number of fused-ring (bicyclic) bond motifs is 2. The number of nitrogens with one attached hydrogen (secondary N) is 1. The maximum atomic E-state index is 15.8. The van der Waals surface area contributed by atoms with Crippen molar-refractivity contribution in [2.75, 3.05) is 26.2 Å². The number of rotatable bonds is 6. The topological polar surface area (TPSA) is 77.1 Å². The fourth-order valence-corrected chi connectivity index (χ4v) is 6.13. The monoisotopic (exact) mass is 527 g/mol. The van der Waals surface area contributed by atoms with Gasteiger partial charge in [-0.15, -0.1) is 0 Å². The molecular weight excluding hydrogens is 496 g/mol. The van der Waals surface area contributed by atoms with E-state index in [9.17, 15) is 10.4 Å². The van der Waals surface area contributed by atoms with E-state index in [1.807, 2.05) is 24.3 Å². The van der Waals surface area contributed by atoms with Crippen LogP contribution in [0.3, 0.4) is 0 Å². The van der Waals surface area contributed by atoms with Crippen molar-refractivity contribution >= 4 is 10.9 Å². The van der Waals surface area contributed by atoms with Gasteiger partial charge in [0.05, 0.1) is 29.4 Å². The van der Waals surface area contributed by atoms with Crippen LogP contribution in [-0.2, 0) is 13.1 Å². The van der Waals surface area contributed by atoms with Gasteiger partial charge in [-0.25, -0.2) is 8.78 Å². The minimum atomic E-state index is -1.04. The van der Waals surface area contributed by atoms with Gasteiger partial charge in [0.25, 0.3) is 0 Å². The zero-order valence-corrected chi connectivity index (χ0v) is 22.1. The number of hydrogen-bond donors (Lipinski definition) is 2. The predicted octanol–water partition coefficient (Wildman–Crippen LogP) is 4.94. The Labute approximate surface area is 226 Å². The van der Waals surface area contributed by atoms with Crippen molar-refractivity contribution in [3.63, 3.8) is 0 Å². The molecule has 2 N–H and O–H groups in total. The molecule has 3 heterocycles. The van der Waals surface area contributed by atoms with E-state index in [0.717, 1.165) is 43.9 Å². The molecule has 3 aromatic carbocycles. The second-order valence-electron chi connectivity index (χ2n) is 11.5. The zero-order chi connectivity index (χ0) is 27.3. The highest BCUT2D eigenvalue weighted by Gasteiger charge is 2.35. The molecule has 1 aromatic heterocycles. The van der Waals surface area contributed by atoms with Crippen molar-refractivity contribution in [1.82, 2.24) is 20.0 Å². The maximum absolute atomic E-state index is 15.8. The molecule has 2 saturated heterocycles. The summed E-state index contributed by atoms with van der Waals surface area (Å²) >= 11 is 0. The summed E-state index contributed by atoms with van der Waals surface area (Å²) in [5, 5.41) is 28.2. The summed E-state index contributed by atoms with van der Waals surface area (Å²) in [6.07, 6.45) is 1.58.